The molecule has 2 nitrogen and oxygen atoms in total. The Balaban J connectivity index is 2.84. The van der Waals surface area contributed by atoms with Crippen LogP contribution in [0.2, 0.25) is 0 Å². The summed E-state index contributed by atoms with van der Waals surface area (Å²) in [7, 11) is 1.65. The molecule has 0 aliphatic heterocycles. The van der Waals surface area contributed by atoms with Gasteiger partial charge in [0.15, 0.2) is 5.06 Å². The summed E-state index contributed by atoms with van der Waals surface area (Å²) in [5.74, 6) is 0. The van der Waals surface area contributed by atoms with E-state index < -0.39 is 0 Å². The van der Waals surface area contributed by atoms with E-state index in [2.05, 4.69) is 4.98 Å². The lowest BCUT2D eigenvalue weighted by atomic mass is 10.8. The van der Waals surface area contributed by atoms with Crippen LogP contribution in [0.4, 0.5) is 0 Å². The molecule has 8 heavy (non-hydrogen) atoms. The van der Waals surface area contributed by atoms with E-state index in [9.17, 15) is 0 Å². The van der Waals surface area contributed by atoms with Gasteiger partial charge in [0, 0.05) is 0 Å². The summed E-state index contributed by atoms with van der Waals surface area (Å²) in [6, 6.07) is 0. The molecular weight excluding hydrogens is 122 g/mol. The maximum absolute atomic E-state index is 4.89. The number of nitrogens with zero attached hydrogens (tertiary/aromatic N) is 1. The molecule has 1 heterocycles. The Morgan fingerprint density at radius 3 is 2.75 bits per heavy atom. The van der Waals surface area contributed by atoms with Crippen LogP contribution in [0.15, 0.2) is 6.20 Å². The molecule has 1 aromatic rings. The van der Waals surface area contributed by atoms with E-state index in [0.29, 0.717) is 0 Å². The molecule has 0 amide bonds. The first kappa shape index (κ1) is 5.56. The van der Waals surface area contributed by atoms with Gasteiger partial charge in [-0.2, -0.15) is 0 Å². The van der Waals surface area contributed by atoms with E-state index in [4.69, 9.17) is 4.74 Å². The first-order chi connectivity index (χ1) is 3.83. The van der Waals surface area contributed by atoms with Gasteiger partial charge in [0.2, 0.25) is 0 Å². The number of thiazole rings is 1. The van der Waals surface area contributed by atoms with Gasteiger partial charge >= 0.3 is 0 Å². The lowest BCUT2D eigenvalue weighted by molar-refractivity contribution is 0.426. The third-order valence-electron chi connectivity index (χ3n) is 0.801. The van der Waals surface area contributed by atoms with Crippen molar-refractivity contribution in [1.82, 2.24) is 4.98 Å². The van der Waals surface area contributed by atoms with Gasteiger partial charge in [-0.25, -0.2) is 4.98 Å². The minimum absolute atomic E-state index is 0.877. The molecule has 0 bridgehead atoms. The first-order valence-corrected chi connectivity index (χ1v) is 3.11. The van der Waals surface area contributed by atoms with Crippen molar-refractivity contribution in [3.05, 3.63) is 11.2 Å². The molecule has 0 radical (unpaired) electrons. The van der Waals surface area contributed by atoms with Crippen molar-refractivity contribution >= 4 is 11.3 Å². The summed E-state index contributed by atoms with van der Waals surface area (Å²) in [6.07, 6.45) is 1.72. The van der Waals surface area contributed by atoms with Crippen LogP contribution in [0, 0.1) is 6.92 Å². The van der Waals surface area contributed by atoms with Gasteiger partial charge in [-0.05, 0) is 6.92 Å². The smallest absolute Gasteiger partial charge is 0.193 e. The Morgan fingerprint density at radius 1 is 1.75 bits per heavy atom. The third-order valence-corrected chi connectivity index (χ3v) is 1.68. The molecule has 0 aromatic carbocycles. The number of rotatable bonds is 1. The second-order valence-corrected chi connectivity index (χ2v) is 2.60. The Labute approximate surface area is 52.1 Å². The highest BCUT2D eigenvalue weighted by atomic mass is 32.1. The maximum atomic E-state index is 4.89. The summed E-state index contributed by atoms with van der Waals surface area (Å²) < 4.78 is 4.89. The summed E-state index contributed by atoms with van der Waals surface area (Å²) in [6.45, 7) is 1.95. The molecule has 3 heteroatoms. The zero-order valence-corrected chi connectivity index (χ0v) is 5.66. The molecule has 0 atom stereocenters. The van der Waals surface area contributed by atoms with Crippen LogP contribution in [-0.2, 0) is 0 Å². The molecule has 0 spiro atoms. The van der Waals surface area contributed by atoms with E-state index >= 15 is 0 Å². The maximum Gasteiger partial charge on any atom is 0.193 e. The molecule has 0 saturated carbocycles. The fourth-order valence-corrected chi connectivity index (χ4v) is 1.02. The third kappa shape index (κ3) is 0.980. The fraction of sp³-hybridized carbons (Fsp3) is 0.400. The largest absolute Gasteiger partial charge is 0.486 e. The highest BCUT2D eigenvalue weighted by Crippen LogP contribution is 2.18. The minimum Gasteiger partial charge on any atom is -0.486 e. The van der Waals surface area contributed by atoms with Crippen molar-refractivity contribution in [2.75, 3.05) is 7.11 Å². The summed E-state index contributed by atoms with van der Waals surface area (Å²) in [5, 5.41) is 1.92. The second kappa shape index (κ2) is 2.13. The van der Waals surface area contributed by atoms with Crippen LogP contribution in [0.3, 0.4) is 0 Å². The van der Waals surface area contributed by atoms with Gasteiger partial charge < -0.3 is 4.74 Å². The van der Waals surface area contributed by atoms with E-state index in [0.717, 1.165) is 10.1 Å². The molecule has 1 rings (SSSR count). The first-order valence-electron chi connectivity index (χ1n) is 2.29. The number of hydrogen-bond acceptors (Lipinski definition) is 3. The van der Waals surface area contributed by atoms with Crippen LogP contribution in [0.1, 0.15) is 5.01 Å². The predicted molar refractivity (Wildman–Crippen MR) is 33.4 cm³/mol. The summed E-state index contributed by atoms with van der Waals surface area (Å²) >= 11 is 1.55. The Kier molecular flexibility index (Phi) is 1.48. The van der Waals surface area contributed by atoms with Gasteiger partial charge in [-0.1, -0.05) is 11.3 Å². The van der Waals surface area contributed by atoms with Crippen LogP contribution >= 0.6 is 11.3 Å². The SMILES string of the molecule is COc1cnc(C)s1. The number of methoxy groups -OCH3 is 1. The van der Waals surface area contributed by atoms with E-state index in [1.165, 1.54) is 0 Å². The van der Waals surface area contributed by atoms with Crippen molar-refractivity contribution < 1.29 is 4.74 Å². The number of aryl methyl sites for hydroxylation is 1. The van der Waals surface area contributed by atoms with E-state index in [-0.39, 0.29) is 0 Å². The van der Waals surface area contributed by atoms with Crippen LogP contribution in [-0.4, -0.2) is 12.1 Å². The van der Waals surface area contributed by atoms with Crippen molar-refractivity contribution in [3.8, 4) is 5.06 Å². The molecule has 0 aliphatic carbocycles. The summed E-state index contributed by atoms with van der Waals surface area (Å²) in [5.41, 5.74) is 0. The van der Waals surface area contributed by atoms with Crippen LogP contribution in [0.25, 0.3) is 0 Å². The average Bonchev–Trinajstić information content (AvgIpc) is 2.14. The van der Waals surface area contributed by atoms with Gasteiger partial charge in [0.25, 0.3) is 0 Å². The zero-order chi connectivity index (χ0) is 5.98. The normalized spacial score (nSPS) is 9.25. The fourth-order valence-electron chi connectivity index (χ4n) is 0.436. The lowest BCUT2D eigenvalue weighted by Gasteiger charge is -1.85. The number of ether oxygens (including phenoxy) is 1. The Morgan fingerprint density at radius 2 is 2.50 bits per heavy atom. The van der Waals surface area contributed by atoms with E-state index in [1.807, 2.05) is 6.92 Å². The molecule has 0 N–H and O–H groups in total. The molecule has 0 aliphatic rings. The molecule has 0 saturated heterocycles. The van der Waals surface area contributed by atoms with Gasteiger partial charge in [0.05, 0.1) is 18.3 Å². The lowest BCUT2D eigenvalue weighted by Crippen LogP contribution is -1.73. The molecule has 44 valence electrons. The molecule has 0 unspecified atom stereocenters. The molecule has 1 aromatic heterocycles. The highest BCUT2D eigenvalue weighted by molar-refractivity contribution is 7.13. The number of hydrogen-bond donors (Lipinski definition) is 0. The highest BCUT2D eigenvalue weighted by Gasteiger charge is 1.92. The zero-order valence-electron chi connectivity index (χ0n) is 4.84. The van der Waals surface area contributed by atoms with Gasteiger partial charge in [-0.15, -0.1) is 0 Å². The minimum atomic E-state index is 0.877. The quantitative estimate of drug-likeness (QED) is 0.572. The van der Waals surface area contributed by atoms with Crippen LogP contribution < -0.4 is 4.74 Å². The average molecular weight is 129 g/mol. The van der Waals surface area contributed by atoms with Crippen molar-refractivity contribution in [2.24, 2.45) is 0 Å². The van der Waals surface area contributed by atoms with Gasteiger partial charge in [-0.3, -0.25) is 0 Å². The topological polar surface area (TPSA) is 22.1 Å². The molecular formula is C5H7NOS. The Hall–Kier alpha value is -0.570. The van der Waals surface area contributed by atoms with Crippen molar-refractivity contribution in [3.63, 3.8) is 0 Å². The Bertz CT molecular complexity index is 173. The van der Waals surface area contributed by atoms with E-state index in [1.54, 1.807) is 24.6 Å². The van der Waals surface area contributed by atoms with Crippen molar-refractivity contribution in [2.45, 2.75) is 6.92 Å². The predicted octanol–water partition coefficient (Wildman–Crippen LogP) is 1.46. The standard InChI is InChI=1S/C5H7NOS/c1-4-6-3-5(7-2)8-4/h3H,1-2H3. The van der Waals surface area contributed by atoms with Crippen molar-refractivity contribution in [1.29, 1.82) is 0 Å². The number of aromatic nitrogens is 1. The van der Waals surface area contributed by atoms with Crippen LogP contribution in [0.5, 0.6) is 5.06 Å². The van der Waals surface area contributed by atoms with Gasteiger partial charge in [0.1, 0.15) is 0 Å². The summed E-state index contributed by atoms with van der Waals surface area (Å²) in [4.78, 5) is 3.98. The second-order valence-electron chi connectivity index (χ2n) is 1.40. The monoisotopic (exact) mass is 129 g/mol. The molecule has 0 fully saturated rings.